The van der Waals surface area contributed by atoms with Crippen molar-refractivity contribution in [1.29, 1.82) is 0 Å². The maximum atomic E-state index is 6.32. The molecule has 0 aromatic carbocycles. The van der Waals surface area contributed by atoms with Crippen LogP contribution in [0.3, 0.4) is 0 Å². The number of fused-ring (bicyclic) bond motifs is 5. The minimum Gasteiger partial charge on any atom is -0.373 e. The van der Waals surface area contributed by atoms with Crippen LogP contribution in [0.2, 0.25) is 0 Å². The van der Waals surface area contributed by atoms with Gasteiger partial charge in [-0.05, 0) is 18.9 Å². The number of rotatable bonds is 3. The number of nitrogens with two attached hydrogens (primary N) is 1. The van der Waals surface area contributed by atoms with Crippen molar-refractivity contribution in [3.05, 3.63) is 17.5 Å². The zero-order valence-electron chi connectivity index (χ0n) is 16.2. The van der Waals surface area contributed by atoms with Crippen LogP contribution in [0, 0.1) is 0 Å². The van der Waals surface area contributed by atoms with Gasteiger partial charge < -0.3 is 14.9 Å². The Hall–Kier alpha value is -2.07. The molecule has 0 amide bonds. The number of hydrazine groups is 1. The van der Waals surface area contributed by atoms with Crippen molar-refractivity contribution in [2.75, 3.05) is 36.6 Å². The fraction of sp³-hybridized carbons (Fsp3) is 0.526. The molecule has 1 saturated heterocycles. The Labute approximate surface area is 167 Å². The van der Waals surface area contributed by atoms with Crippen LogP contribution in [0.5, 0.6) is 0 Å². The van der Waals surface area contributed by atoms with Crippen molar-refractivity contribution < 1.29 is 14.5 Å². The molecule has 9 heteroatoms. The number of anilines is 2. The molecule has 1 atom stereocenters. The summed E-state index contributed by atoms with van der Waals surface area (Å²) in [4.78, 5) is 16.1. The molecular formula is C19H25N6O2S+. The van der Waals surface area contributed by atoms with E-state index in [0.717, 1.165) is 60.0 Å². The lowest BCUT2D eigenvalue weighted by atomic mass is 9.87. The molecule has 2 aliphatic heterocycles. The minimum atomic E-state index is -0.167. The number of hydrogen-bond acceptors (Lipinski definition) is 8. The van der Waals surface area contributed by atoms with E-state index in [-0.39, 0.29) is 5.60 Å². The normalized spacial score (nSPS) is 22.6. The van der Waals surface area contributed by atoms with Crippen LogP contribution in [0.15, 0.2) is 6.33 Å². The van der Waals surface area contributed by atoms with Crippen molar-refractivity contribution in [3.63, 3.8) is 0 Å². The lowest BCUT2D eigenvalue weighted by Gasteiger charge is -2.35. The van der Waals surface area contributed by atoms with Gasteiger partial charge >= 0.3 is 0 Å². The third-order valence-electron chi connectivity index (χ3n) is 5.98. The minimum absolute atomic E-state index is 0.167. The summed E-state index contributed by atoms with van der Waals surface area (Å²) in [6.07, 6.45) is 3.40. The van der Waals surface area contributed by atoms with E-state index in [9.17, 15) is 0 Å². The number of thiophene rings is 1. The van der Waals surface area contributed by atoms with Gasteiger partial charge in [0.2, 0.25) is 0 Å². The van der Waals surface area contributed by atoms with E-state index in [4.69, 9.17) is 15.3 Å². The average molecular weight is 402 g/mol. The molecule has 8 nitrogen and oxygen atoms in total. The van der Waals surface area contributed by atoms with Gasteiger partial charge in [-0.1, -0.05) is 18.3 Å². The highest BCUT2D eigenvalue weighted by Gasteiger charge is 2.37. The molecule has 5 rings (SSSR count). The number of hydrogen-bond donors (Lipinski definition) is 2. The van der Waals surface area contributed by atoms with E-state index in [1.165, 1.54) is 16.5 Å². The van der Waals surface area contributed by atoms with Crippen LogP contribution in [0.1, 0.15) is 31.4 Å². The summed E-state index contributed by atoms with van der Waals surface area (Å²) in [5.41, 5.74) is 6.06. The Morgan fingerprint density at radius 2 is 2.14 bits per heavy atom. The molecule has 148 valence electrons. The number of H-pyrrole nitrogens is 1. The lowest BCUT2D eigenvalue weighted by Crippen LogP contribution is -2.42. The van der Waals surface area contributed by atoms with E-state index in [1.54, 1.807) is 17.7 Å². The van der Waals surface area contributed by atoms with Gasteiger partial charge in [-0.15, -0.1) is 0 Å². The van der Waals surface area contributed by atoms with E-state index in [2.05, 4.69) is 39.1 Å². The Balaban J connectivity index is 1.80. The van der Waals surface area contributed by atoms with E-state index in [0.29, 0.717) is 12.4 Å². The van der Waals surface area contributed by atoms with E-state index >= 15 is 0 Å². The molecule has 3 aromatic rings. The topological polar surface area (TPSA) is 99.7 Å². The summed E-state index contributed by atoms with van der Waals surface area (Å²) in [7, 11) is 0. The van der Waals surface area contributed by atoms with Crippen molar-refractivity contribution >= 4 is 43.4 Å². The number of nitrogens with zero attached hydrogens (tertiary/aromatic N) is 3. The maximum absolute atomic E-state index is 6.32. The van der Waals surface area contributed by atoms with Gasteiger partial charge in [0.1, 0.15) is 24.1 Å². The van der Waals surface area contributed by atoms with Crippen LogP contribution >= 0.6 is 11.3 Å². The highest BCUT2D eigenvalue weighted by atomic mass is 32.1. The van der Waals surface area contributed by atoms with Gasteiger partial charge in [0.05, 0.1) is 41.9 Å². The number of ether oxygens (including phenoxy) is 2. The molecule has 5 heterocycles. The SMILES string of the molecule is CC[C@]1(C)Cc2c(c(N3CCOCC3)[nH+]c3sc4c(NN)ncnc4c23)CO1. The molecule has 1 fully saturated rings. The first kappa shape index (κ1) is 18.0. The predicted octanol–water partition coefficient (Wildman–Crippen LogP) is 2.02. The number of pyridine rings is 1. The third-order valence-corrected chi connectivity index (χ3v) is 7.08. The first-order valence-electron chi connectivity index (χ1n) is 9.71. The molecule has 0 aliphatic carbocycles. The largest absolute Gasteiger partial charge is 0.373 e. The fourth-order valence-electron chi connectivity index (χ4n) is 4.16. The molecule has 0 unspecified atom stereocenters. The summed E-state index contributed by atoms with van der Waals surface area (Å²) in [5.74, 6) is 7.50. The fourth-order valence-corrected chi connectivity index (χ4v) is 5.30. The van der Waals surface area contributed by atoms with Gasteiger partial charge in [-0.3, -0.25) is 4.90 Å². The van der Waals surface area contributed by atoms with Gasteiger partial charge in [0.15, 0.2) is 10.6 Å². The van der Waals surface area contributed by atoms with E-state index in [1.807, 2.05) is 0 Å². The summed E-state index contributed by atoms with van der Waals surface area (Å²) in [5, 5.41) is 1.17. The number of nitrogen functional groups attached to an aromatic ring is 1. The zero-order valence-corrected chi connectivity index (χ0v) is 17.0. The monoisotopic (exact) mass is 401 g/mol. The molecule has 28 heavy (non-hydrogen) atoms. The number of morpholine rings is 1. The Morgan fingerprint density at radius 1 is 1.32 bits per heavy atom. The second kappa shape index (κ2) is 6.77. The van der Waals surface area contributed by atoms with E-state index < -0.39 is 0 Å². The molecule has 0 saturated carbocycles. The van der Waals surface area contributed by atoms with Gasteiger partial charge in [-0.25, -0.2) is 20.8 Å². The molecule has 3 aromatic heterocycles. The lowest BCUT2D eigenvalue weighted by molar-refractivity contribution is -0.329. The number of nitrogens with one attached hydrogen (secondary N) is 2. The molecule has 0 spiro atoms. The summed E-state index contributed by atoms with van der Waals surface area (Å²) < 4.78 is 12.8. The molecule has 0 bridgehead atoms. The summed E-state index contributed by atoms with van der Waals surface area (Å²) in [6.45, 7) is 8.22. The highest BCUT2D eigenvalue weighted by molar-refractivity contribution is 7.25. The zero-order chi connectivity index (χ0) is 19.3. The van der Waals surface area contributed by atoms with Crippen molar-refractivity contribution in [3.8, 4) is 0 Å². The average Bonchev–Trinajstić information content (AvgIpc) is 3.12. The third kappa shape index (κ3) is 2.73. The molecular weight excluding hydrogens is 376 g/mol. The summed E-state index contributed by atoms with van der Waals surface area (Å²) in [6, 6.07) is 0. The smallest absolute Gasteiger partial charge is 0.281 e. The Bertz CT molecular complexity index is 1050. The second-order valence-corrected chi connectivity index (χ2v) is 8.67. The second-order valence-electron chi connectivity index (χ2n) is 7.65. The van der Waals surface area contributed by atoms with Crippen molar-refractivity contribution in [1.82, 2.24) is 9.97 Å². The van der Waals surface area contributed by atoms with Gasteiger partial charge in [-0.2, -0.15) is 0 Å². The predicted molar refractivity (Wildman–Crippen MR) is 110 cm³/mol. The highest BCUT2D eigenvalue weighted by Crippen LogP contribution is 2.42. The van der Waals surface area contributed by atoms with Crippen LogP contribution in [0.25, 0.3) is 20.4 Å². The van der Waals surface area contributed by atoms with Crippen molar-refractivity contribution in [2.24, 2.45) is 5.84 Å². The van der Waals surface area contributed by atoms with Crippen molar-refractivity contribution in [2.45, 2.75) is 38.9 Å². The Morgan fingerprint density at radius 3 is 2.89 bits per heavy atom. The van der Waals surface area contributed by atoms with Crippen LogP contribution in [-0.4, -0.2) is 41.9 Å². The van der Waals surface area contributed by atoms with Crippen LogP contribution in [0.4, 0.5) is 11.6 Å². The number of aromatic nitrogens is 3. The molecule has 4 N–H and O–H groups in total. The molecule has 2 aliphatic rings. The first-order valence-corrected chi connectivity index (χ1v) is 10.5. The molecule has 0 radical (unpaired) electrons. The quantitative estimate of drug-likeness (QED) is 0.512. The van der Waals surface area contributed by atoms with Gasteiger partial charge in [0.25, 0.3) is 5.82 Å². The van der Waals surface area contributed by atoms with Crippen LogP contribution < -0.4 is 21.2 Å². The Kier molecular flexibility index (Phi) is 4.35. The number of aromatic amines is 1. The summed E-state index contributed by atoms with van der Waals surface area (Å²) >= 11 is 1.65. The van der Waals surface area contributed by atoms with Gasteiger partial charge in [0, 0.05) is 6.42 Å². The van der Waals surface area contributed by atoms with Crippen LogP contribution in [-0.2, 0) is 22.5 Å². The first-order chi connectivity index (χ1) is 13.6. The maximum Gasteiger partial charge on any atom is 0.281 e. The standard InChI is InChI=1S/C19H24N6O2S/c1-3-19(2)8-11-12(9-27-19)17(25-4-6-26-7-5-25)23-18-13(11)14-15(28-18)16(24-20)22-10-21-14/h10H,3-9,20H2,1-2H3,(H,21,22,24)/p+1/t19-/m1/s1.